The van der Waals surface area contributed by atoms with Gasteiger partial charge in [0.2, 0.25) is 5.91 Å². The summed E-state index contributed by atoms with van der Waals surface area (Å²) >= 11 is 0. The number of nitrogens with one attached hydrogen (secondary N) is 1. The molecule has 6 rings (SSSR count). The van der Waals surface area contributed by atoms with Crippen LogP contribution in [0.4, 0.5) is 26.3 Å². The van der Waals surface area contributed by atoms with Gasteiger partial charge < -0.3 is 24.6 Å². The maximum absolute atomic E-state index is 15.7. The van der Waals surface area contributed by atoms with Crippen LogP contribution >= 0.6 is 0 Å². The maximum atomic E-state index is 15.7. The normalized spacial score (nSPS) is 17.6. The smallest absolute Gasteiger partial charge is 0.399 e. The molecule has 0 bridgehead atoms. The molecule has 1 fully saturated rings. The van der Waals surface area contributed by atoms with Crippen molar-refractivity contribution >= 4 is 24.4 Å². The van der Waals surface area contributed by atoms with E-state index in [1.165, 1.54) is 46.2 Å². The van der Waals surface area contributed by atoms with E-state index in [2.05, 4.69) is 25.5 Å². The van der Waals surface area contributed by atoms with Crippen molar-refractivity contribution in [1.82, 2.24) is 39.7 Å². The highest BCUT2D eigenvalue weighted by atomic mass is 19.4. The Morgan fingerprint density at radius 2 is 1.67 bits per heavy atom. The largest absolute Gasteiger partial charge is 0.495 e. The Bertz CT molecular complexity index is 2150. The quantitative estimate of drug-likeness (QED) is 0.161. The molecule has 13 nitrogen and oxygen atoms in total. The molecule has 1 aromatic carbocycles. The molecule has 1 atom stereocenters. The van der Waals surface area contributed by atoms with Gasteiger partial charge >= 0.3 is 19.8 Å². The third kappa shape index (κ3) is 8.43. The van der Waals surface area contributed by atoms with Gasteiger partial charge in [0, 0.05) is 37.1 Å². The van der Waals surface area contributed by atoms with Crippen molar-refractivity contribution < 1.29 is 50.3 Å². The summed E-state index contributed by atoms with van der Waals surface area (Å²) in [7, 11) is -0.917. The number of benzene rings is 1. The summed E-state index contributed by atoms with van der Waals surface area (Å²) in [4.78, 5) is 38.0. The first-order valence-corrected chi connectivity index (χ1v) is 18.1. The van der Waals surface area contributed by atoms with Crippen molar-refractivity contribution in [2.24, 2.45) is 0 Å². The number of carbonyl (C=O) groups excluding carboxylic acids is 2. The van der Waals surface area contributed by atoms with Gasteiger partial charge in [-0.2, -0.15) is 32.1 Å². The number of carbonyl (C=O) groups is 2. The summed E-state index contributed by atoms with van der Waals surface area (Å²) in [5.74, 6) is -2.46. The molecule has 0 spiro atoms. The molecule has 2 N–H and O–H groups in total. The van der Waals surface area contributed by atoms with Crippen molar-refractivity contribution in [2.45, 2.75) is 116 Å². The topological polar surface area (TPSA) is 150 Å². The molecule has 0 aliphatic carbocycles. The van der Waals surface area contributed by atoms with Crippen LogP contribution < -0.4 is 10.8 Å². The molecule has 1 saturated heterocycles. The van der Waals surface area contributed by atoms with Crippen LogP contribution in [0.5, 0.6) is 0 Å². The first-order valence-electron chi connectivity index (χ1n) is 18.1. The standard InChI is InChI=1S/C37H43BF6N8O5/c1-33(2,19-52-25(14-27(49-52)37(42,43)44)21-16-45-31(46-17-21)34(3,4)55)48-29(53)26(13-20-15-47-51(18-20)32(40)41)50-12-11-22-23(9-10-24(39)28(22)30(50)54)38-56-35(5,6)36(7,8)57-38/h9-10,14-18,26,32,55H,11-13,19H2,1-8H3,(H,48,53)/t26-/m1/s1. The minimum absolute atomic E-state index is 0.0326. The number of aliphatic hydroxyl groups is 1. The Hall–Kier alpha value is -4.82. The molecule has 2 aliphatic heterocycles. The van der Waals surface area contributed by atoms with E-state index >= 15 is 4.39 Å². The molecule has 2 amide bonds. The van der Waals surface area contributed by atoms with E-state index in [9.17, 15) is 36.6 Å². The second kappa shape index (κ2) is 14.5. The van der Waals surface area contributed by atoms with Gasteiger partial charge in [-0.3, -0.25) is 14.3 Å². The van der Waals surface area contributed by atoms with Crippen LogP contribution in [0.2, 0.25) is 0 Å². The first-order chi connectivity index (χ1) is 26.3. The third-order valence-corrected chi connectivity index (χ3v) is 10.4. The van der Waals surface area contributed by atoms with E-state index in [0.717, 1.165) is 34.1 Å². The van der Waals surface area contributed by atoms with Crippen LogP contribution in [-0.4, -0.2) is 87.8 Å². The lowest BCUT2D eigenvalue weighted by Gasteiger charge is -2.37. The van der Waals surface area contributed by atoms with E-state index < -0.39 is 71.6 Å². The Morgan fingerprint density at radius 1 is 1.04 bits per heavy atom. The number of amides is 2. The Morgan fingerprint density at radius 3 is 2.23 bits per heavy atom. The number of fused-ring (bicyclic) bond motifs is 1. The molecule has 0 unspecified atom stereocenters. The monoisotopic (exact) mass is 804 g/mol. The number of hydrogen-bond donors (Lipinski definition) is 2. The molecule has 5 heterocycles. The Labute approximate surface area is 324 Å². The molecule has 2 aliphatic rings. The zero-order valence-electron chi connectivity index (χ0n) is 32.6. The highest BCUT2D eigenvalue weighted by Crippen LogP contribution is 2.38. The number of nitrogens with zero attached hydrogens (tertiary/aromatic N) is 7. The fraction of sp³-hybridized carbons (Fsp3) is 0.514. The summed E-state index contributed by atoms with van der Waals surface area (Å²) in [6, 6.07) is 2.00. The minimum atomic E-state index is -4.84. The highest BCUT2D eigenvalue weighted by molar-refractivity contribution is 6.62. The van der Waals surface area contributed by atoms with Gasteiger partial charge in [-0.05, 0) is 90.5 Å². The van der Waals surface area contributed by atoms with Gasteiger partial charge in [-0.15, -0.1) is 0 Å². The summed E-state index contributed by atoms with van der Waals surface area (Å²) in [6.45, 7) is 9.92. The molecule has 20 heteroatoms. The van der Waals surface area contributed by atoms with Crippen molar-refractivity contribution in [2.75, 3.05) is 6.54 Å². The fourth-order valence-corrected chi connectivity index (χ4v) is 6.77. The molecular formula is C37H43BF6N8O5. The van der Waals surface area contributed by atoms with Crippen LogP contribution in [0.1, 0.15) is 94.9 Å². The number of aromatic nitrogens is 6. The van der Waals surface area contributed by atoms with Gasteiger partial charge in [-0.1, -0.05) is 6.07 Å². The lowest BCUT2D eigenvalue weighted by molar-refractivity contribution is -0.141. The summed E-state index contributed by atoms with van der Waals surface area (Å²) < 4.78 is 98.3. The van der Waals surface area contributed by atoms with Crippen molar-refractivity contribution in [1.29, 1.82) is 0 Å². The minimum Gasteiger partial charge on any atom is -0.399 e. The van der Waals surface area contributed by atoms with Crippen molar-refractivity contribution in [3.63, 3.8) is 0 Å². The molecular weight excluding hydrogens is 761 g/mol. The molecule has 3 aromatic heterocycles. The van der Waals surface area contributed by atoms with Crippen LogP contribution in [0.3, 0.4) is 0 Å². The molecule has 0 saturated carbocycles. The van der Waals surface area contributed by atoms with E-state index in [0.29, 0.717) is 15.7 Å². The lowest BCUT2D eigenvalue weighted by Crippen LogP contribution is -2.58. The van der Waals surface area contributed by atoms with Gasteiger partial charge in [0.15, 0.2) is 11.5 Å². The first kappa shape index (κ1) is 41.8. The fourth-order valence-electron chi connectivity index (χ4n) is 6.77. The summed E-state index contributed by atoms with van der Waals surface area (Å²) in [5, 5.41) is 20.5. The van der Waals surface area contributed by atoms with E-state index in [1.54, 1.807) is 0 Å². The number of halogens is 6. The predicted molar refractivity (Wildman–Crippen MR) is 194 cm³/mol. The van der Waals surface area contributed by atoms with E-state index in [4.69, 9.17) is 9.31 Å². The Kier molecular flexibility index (Phi) is 10.7. The number of rotatable bonds is 11. The van der Waals surface area contributed by atoms with Crippen molar-refractivity contribution in [3.05, 3.63) is 77.0 Å². The Balaban J connectivity index is 1.32. The van der Waals surface area contributed by atoms with E-state index in [-0.39, 0.29) is 54.1 Å². The summed E-state index contributed by atoms with van der Waals surface area (Å²) in [5.41, 5.74) is -4.73. The zero-order chi connectivity index (χ0) is 42.0. The molecule has 0 radical (unpaired) electrons. The van der Waals surface area contributed by atoms with Gasteiger partial charge in [0.25, 0.3) is 5.91 Å². The zero-order valence-corrected chi connectivity index (χ0v) is 32.6. The van der Waals surface area contributed by atoms with Gasteiger partial charge in [-0.25, -0.2) is 19.0 Å². The van der Waals surface area contributed by atoms with Crippen molar-refractivity contribution in [3.8, 4) is 11.3 Å². The van der Waals surface area contributed by atoms with Crippen LogP contribution in [0.25, 0.3) is 11.3 Å². The second-order valence-corrected chi connectivity index (χ2v) is 16.5. The average molecular weight is 805 g/mol. The average Bonchev–Trinajstić information content (AvgIpc) is 3.79. The van der Waals surface area contributed by atoms with Gasteiger partial charge in [0.05, 0.1) is 40.7 Å². The SMILES string of the molecule is CC(C)(Cn1nc(C(F)(F)F)cc1-c1cnc(C(C)(C)O)nc1)NC(=O)[C@@H](Cc1cnn(C(F)F)c1)N1CCc2c(B3OC(C)(C)C(C)(C)O3)ccc(F)c2C1=O. The van der Waals surface area contributed by atoms with Crippen LogP contribution in [0, 0.1) is 5.82 Å². The van der Waals surface area contributed by atoms with E-state index in [1.807, 2.05) is 27.7 Å². The van der Waals surface area contributed by atoms with Crippen LogP contribution in [0.15, 0.2) is 43.0 Å². The van der Waals surface area contributed by atoms with Crippen LogP contribution in [-0.2, 0) is 45.3 Å². The predicted octanol–water partition coefficient (Wildman–Crippen LogP) is 4.82. The molecule has 306 valence electrons. The summed E-state index contributed by atoms with van der Waals surface area (Å²) in [6.07, 6.45) is -0.445. The molecule has 57 heavy (non-hydrogen) atoms. The van der Waals surface area contributed by atoms with Gasteiger partial charge in [0.1, 0.15) is 17.5 Å². The molecule has 4 aromatic rings. The number of alkyl halides is 5. The highest BCUT2D eigenvalue weighted by Gasteiger charge is 2.53. The third-order valence-electron chi connectivity index (χ3n) is 10.4. The lowest BCUT2D eigenvalue weighted by atomic mass is 9.72. The second-order valence-electron chi connectivity index (χ2n) is 16.5. The maximum Gasteiger partial charge on any atom is 0.495 e. The number of hydrogen-bond acceptors (Lipinski definition) is 9.